The molecule has 1 aromatic heterocycles. The zero-order chi connectivity index (χ0) is 13.1. The van der Waals surface area contributed by atoms with Crippen molar-refractivity contribution in [2.24, 2.45) is 0 Å². The van der Waals surface area contributed by atoms with Gasteiger partial charge in [-0.2, -0.15) is 4.68 Å². The molecular formula is C12H9IN2O3. The number of nitrogens with zero attached hydrogens (tertiary/aromatic N) is 2. The van der Waals surface area contributed by atoms with Crippen LogP contribution in [-0.2, 0) is 4.79 Å². The van der Waals surface area contributed by atoms with E-state index in [0.717, 1.165) is 3.57 Å². The Hall–Kier alpha value is -1.70. The molecule has 0 aliphatic heterocycles. The smallest absolute Gasteiger partial charge is 0.309 e. The van der Waals surface area contributed by atoms with Crippen molar-refractivity contribution in [3.05, 3.63) is 50.3 Å². The average molecular weight is 356 g/mol. The molecule has 1 aromatic carbocycles. The lowest BCUT2D eigenvalue weighted by Crippen LogP contribution is -2.21. The first-order chi connectivity index (χ1) is 8.56. The molecule has 0 aliphatic rings. The molecule has 18 heavy (non-hydrogen) atoms. The molecule has 0 bridgehead atoms. The number of aromatic nitrogens is 2. The van der Waals surface area contributed by atoms with E-state index >= 15 is 0 Å². The van der Waals surface area contributed by atoms with Crippen LogP contribution in [0.15, 0.2) is 41.2 Å². The first kappa shape index (κ1) is 12.7. The minimum Gasteiger partial charge on any atom is -0.406 e. The van der Waals surface area contributed by atoms with E-state index in [0.29, 0.717) is 5.69 Å². The molecule has 0 radical (unpaired) electrons. The van der Waals surface area contributed by atoms with E-state index in [1.807, 2.05) is 12.1 Å². The fraction of sp³-hybridized carbons (Fsp3) is 0.0833. The van der Waals surface area contributed by atoms with Crippen molar-refractivity contribution in [2.45, 2.75) is 6.92 Å². The van der Waals surface area contributed by atoms with Crippen LogP contribution in [0.1, 0.15) is 6.92 Å². The Morgan fingerprint density at radius 3 is 2.50 bits per heavy atom. The van der Waals surface area contributed by atoms with Crippen LogP contribution in [0.4, 0.5) is 0 Å². The number of benzene rings is 1. The van der Waals surface area contributed by atoms with E-state index in [4.69, 9.17) is 4.74 Å². The average Bonchev–Trinajstić information content (AvgIpc) is 2.32. The Kier molecular flexibility index (Phi) is 3.75. The molecule has 2 aromatic rings. The van der Waals surface area contributed by atoms with Gasteiger partial charge in [-0.15, -0.1) is 5.10 Å². The van der Waals surface area contributed by atoms with Crippen molar-refractivity contribution >= 4 is 28.6 Å². The molecule has 0 fully saturated rings. The van der Waals surface area contributed by atoms with Gasteiger partial charge in [0, 0.05) is 22.6 Å². The lowest BCUT2D eigenvalue weighted by molar-refractivity contribution is -0.132. The Balaban J connectivity index is 2.46. The van der Waals surface area contributed by atoms with Gasteiger partial charge in [0.05, 0.1) is 5.69 Å². The summed E-state index contributed by atoms with van der Waals surface area (Å²) in [5, 5.41) is 3.97. The second-order valence-corrected chi connectivity index (χ2v) is 4.74. The zero-order valence-electron chi connectivity index (χ0n) is 9.46. The van der Waals surface area contributed by atoms with Gasteiger partial charge in [0.25, 0.3) is 5.56 Å². The molecule has 0 saturated carbocycles. The molecule has 92 valence electrons. The maximum absolute atomic E-state index is 11.7. The van der Waals surface area contributed by atoms with Crippen LogP contribution in [0, 0.1) is 3.57 Å². The van der Waals surface area contributed by atoms with Crippen molar-refractivity contribution < 1.29 is 9.53 Å². The highest BCUT2D eigenvalue weighted by Gasteiger charge is 2.05. The highest BCUT2D eigenvalue weighted by Crippen LogP contribution is 2.10. The molecule has 5 nitrogen and oxygen atoms in total. The summed E-state index contributed by atoms with van der Waals surface area (Å²) in [5.41, 5.74) is 0.335. The third-order valence-electron chi connectivity index (χ3n) is 2.10. The molecule has 0 N–H and O–H groups in total. The summed E-state index contributed by atoms with van der Waals surface area (Å²) in [7, 11) is 0. The second kappa shape index (κ2) is 5.30. The van der Waals surface area contributed by atoms with Gasteiger partial charge in [0.2, 0.25) is 5.88 Å². The van der Waals surface area contributed by atoms with Gasteiger partial charge in [-0.05, 0) is 46.9 Å². The Labute approximate surface area is 117 Å². The van der Waals surface area contributed by atoms with Crippen molar-refractivity contribution in [3.8, 4) is 11.6 Å². The SMILES string of the molecule is CC(=O)Oc1ccc(=O)n(-c2ccc(I)cc2)n1. The highest BCUT2D eigenvalue weighted by atomic mass is 127. The minimum absolute atomic E-state index is 0.0978. The molecule has 0 aliphatic carbocycles. The number of carbonyl (C=O) groups excluding carboxylic acids is 1. The normalized spacial score (nSPS) is 10.1. The van der Waals surface area contributed by atoms with Gasteiger partial charge in [0.15, 0.2) is 0 Å². The summed E-state index contributed by atoms with van der Waals surface area (Å²) in [5.74, 6) is -0.379. The van der Waals surface area contributed by atoms with Gasteiger partial charge in [0.1, 0.15) is 0 Å². The topological polar surface area (TPSA) is 61.2 Å². The Morgan fingerprint density at radius 1 is 1.22 bits per heavy atom. The number of carbonyl (C=O) groups is 1. The molecule has 1 heterocycles. The van der Waals surface area contributed by atoms with Crippen molar-refractivity contribution in [3.63, 3.8) is 0 Å². The van der Waals surface area contributed by atoms with Crippen LogP contribution < -0.4 is 10.3 Å². The predicted molar refractivity (Wildman–Crippen MR) is 73.9 cm³/mol. The number of rotatable bonds is 2. The Morgan fingerprint density at radius 2 is 1.89 bits per heavy atom. The van der Waals surface area contributed by atoms with Crippen LogP contribution in [0.2, 0.25) is 0 Å². The lowest BCUT2D eigenvalue weighted by Gasteiger charge is -2.06. The second-order valence-electron chi connectivity index (χ2n) is 3.49. The van der Waals surface area contributed by atoms with E-state index in [-0.39, 0.29) is 11.4 Å². The summed E-state index contributed by atoms with van der Waals surface area (Å²) < 4.78 is 7.09. The van der Waals surface area contributed by atoms with E-state index in [2.05, 4.69) is 27.7 Å². The number of hydrogen-bond donors (Lipinski definition) is 0. The van der Waals surface area contributed by atoms with E-state index < -0.39 is 5.97 Å². The van der Waals surface area contributed by atoms with Gasteiger partial charge in [-0.25, -0.2) is 0 Å². The van der Waals surface area contributed by atoms with Crippen LogP contribution in [0.25, 0.3) is 5.69 Å². The molecule has 2 rings (SSSR count). The summed E-state index contributed by atoms with van der Waals surface area (Å²) in [6.45, 7) is 1.28. The van der Waals surface area contributed by atoms with Crippen LogP contribution in [0.5, 0.6) is 5.88 Å². The zero-order valence-corrected chi connectivity index (χ0v) is 11.6. The fourth-order valence-electron chi connectivity index (χ4n) is 1.36. The number of halogens is 1. The van der Waals surface area contributed by atoms with E-state index in [1.165, 1.54) is 23.7 Å². The van der Waals surface area contributed by atoms with Crippen LogP contribution in [-0.4, -0.2) is 15.7 Å². The number of esters is 1. The molecule has 0 amide bonds. The maximum atomic E-state index is 11.7. The quantitative estimate of drug-likeness (QED) is 0.608. The fourth-order valence-corrected chi connectivity index (χ4v) is 1.72. The summed E-state index contributed by atoms with van der Waals surface area (Å²) in [6, 6.07) is 9.95. The summed E-state index contributed by atoms with van der Waals surface area (Å²) >= 11 is 2.17. The number of ether oxygens (including phenoxy) is 1. The van der Waals surface area contributed by atoms with Crippen molar-refractivity contribution in [1.82, 2.24) is 9.78 Å². The Bertz CT molecular complexity index is 635. The first-order valence-electron chi connectivity index (χ1n) is 5.11. The summed E-state index contributed by atoms with van der Waals surface area (Å²) in [6.07, 6.45) is 0. The molecular weight excluding hydrogens is 347 g/mol. The minimum atomic E-state index is -0.477. The molecule has 0 atom stereocenters. The standard InChI is InChI=1S/C12H9IN2O3/c1-8(16)18-11-6-7-12(17)15(14-11)10-4-2-9(13)3-5-10/h2-7H,1H3. The van der Waals surface area contributed by atoms with Gasteiger partial charge >= 0.3 is 5.97 Å². The molecule has 0 spiro atoms. The van der Waals surface area contributed by atoms with Gasteiger partial charge in [-0.3, -0.25) is 9.59 Å². The third kappa shape index (κ3) is 2.95. The van der Waals surface area contributed by atoms with Crippen molar-refractivity contribution in [2.75, 3.05) is 0 Å². The van der Waals surface area contributed by atoms with Crippen LogP contribution in [0.3, 0.4) is 0 Å². The van der Waals surface area contributed by atoms with Gasteiger partial charge in [-0.1, -0.05) is 0 Å². The summed E-state index contributed by atoms with van der Waals surface area (Å²) in [4.78, 5) is 22.5. The number of hydrogen-bond acceptors (Lipinski definition) is 4. The third-order valence-corrected chi connectivity index (χ3v) is 2.81. The molecule has 0 unspecified atom stereocenters. The predicted octanol–water partition coefficient (Wildman–Crippen LogP) is 1.76. The largest absolute Gasteiger partial charge is 0.406 e. The van der Waals surface area contributed by atoms with Gasteiger partial charge < -0.3 is 4.74 Å². The maximum Gasteiger partial charge on any atom is 0.309 e. The molecule has 0 saturated heterocycles. The highest BCUT2D eigenvalue weighted by molar-refractivity contribution is 14.1. The molecule has 6 heteroatoms. The van der Waals surface area contributed by atoms with E-state index in [9.17, 15) is 9.59 Å². The van der Waals surface area contributed by atoms with Crippen molar-refractivity contribution in [1.29, 1.82) is 0 Å². The van der Waals surface area contributed by atoms with Crippen LogP contribution >= 0.6 is 22.6 Å². The van der Waals surface area contributed by atoms with E-state index in [1.54, 1.807) is 12.1 Å². The first-order valence-corrected chi connectivity index (χ1v) is 6.19. The monoisotopic (exact) mass is 356 g/mol. The lowest BCUT2D eigenvalue weighted by atomic mass is 10.3.